The maximum Gasteiger partial charge on any atom is 0.312 e. The van der Waals surface area contributed by atoms with E-state index in [4.69, 9.17) is 4.18 Å². The second-order valence-electron chi connectivity index (χ2n) is 5.79. The summed E-state index contributed by atoms with van der Waals surface area (Å²) in [7, 11) is -3.48. The van der Waals surface area contributed by atoms with Gasteiger partial charge in [0.05, 0.1) is 11.4 Å². The minimum Gasteiger partial charge on any atom is -0.381 e. The highest BCUT2D eigenvalue weighted by Crippen LogP contribution is 2.30. The topological polar surface area (TPSA) is 56.3 Å². The molecule has 0 N–H and O–H groups in total. The van der Waals surface area contributed by atoms with E-state index in [2.05, 4.69) is 4.98 Å². The molecule has 0 radical (unpaired) electrons. The molecular weight excluding hydrogens is 250 g/mol. The molecule has 1 saturated carbocycles. The zero-order chi connectivity index (χ0) is 13.4. The monoisotopic (exact) mass is 269 g/mol. The highest BCUT2D eigenvalue weighted by Gasteiger charge is 2.33. The highest BCUT2D eigenvalue weighted by atomic mass is 32.2. The molecule has 1 aromatic rings. The molecule has 0 spiro atoms. The van der Waals surface area contributed by atoms with Crippen LogP contribution in [0.4, 0.5) is 0 Å². The van der Waals surface area contributed by atoms with Crippen LogP contribution in [-0.4, -0.2) is 18.7 Å². The van der Waals surface area contributed by atoms with Crippen molar-refractivity contribution in [2.75, 3.05) is 0 Å². The van der Waals surface area contributed by atoms with Crippen molar-refractivity contribution in [2.24, 2.45) is 0 Å². The normalized spacial score (nSPS) is 17.3. The predicted octanol–water partition coefficient (Wildman–Crippen LogP) is 2.64. The number of nitrogens with zero attached hydrogens (tertiary/aromatic N) is 1. The fourth-order valence-corrected chi connectivity index (χ4v) is 3.14. The Morgan fingerprint density at radius 2 is 1.94 bits per heavy atom. The Kier molecular flexibility index (Phi) is 3.36. The lowest BCUT2D eigenvalue weighted by molar-refractivity contribution is 0.416. The first kappa shape index (κ1) is 13.3. The SMILES string of the molecule is CC(C)(C)c1cncc(OS(=O)(=O)C2CCC2)c1. The van der Waals surface area contributed by atoms with Crippen LogP contribution in [0.1, 0.15) is 45.6 Å². The van der Waals surface area contributed by atoms with E-state index in [1.54, 1.807) is 12.3 Å². The average molecular weight is 269 g/mol. The first-order chi connectivity index (χ1) is 8.29. The summed E-state index contributed by atoms with van der Waals surface area (Å²) in [5, 5.41) is -0.337. The molecule has 4 nitrogen and oxygen atoms in total. The van der Waals surface area contributed by atoms with Gasteiger partial charge in [0.2, 0.25) is 0 Å². The van der Waals surface area contributed by atoms with Crippen molar-refractivity contribution < 1.29 is 12.6 Å². The van der Waals surface area contributed by atoms with Crippen molar-refractivity contribution in [3.05, 3.63) is 24.0 Å². The highest BCUT2D eigenvalue weighted by molar-refractivity contribution is 7.87. The summed E-state index contributed by atoms with van der Waals surface area (Å²) < 4.78 is 28.9. The largest absolute Gasteiger partial charge is 0.381 e. The molecule has 0 unspecified atom stereocenters. The molecule has 18 heavy (non-hydrogen) atoms. The first-order valence-corrected chi connectivity index (χ1v) is 7.65. The molecule has 0 bridgehead atoms. The summed E-state index contributed by atoms with van der Waals surface area (Å²) in [5.41, 5.74) is 0.885. The van der Waals surface area contributed by atoms with Gasteiger partial charge in [-0.25, -0.2) is 0 Å². The molecule has 1 heterocycles. The summed E-state index contributed by atoms with van der Waals surface area (Å²) in [6, 6.07) is 1.75. The van der Waals surface area contributed by atoms with Gasteiger partial charge in [0.1, 0.15) is 0 Å². The third kappa shape index (κ3) is 2.83. The Bertz CT molecular complexity index is 527. The van der Waals surface area contributed by atoms with Gasteiger partial charge in [0.15, 0.2) is 5.75 Å². The van der Waals surface area contributed by atoms with Gasteiger partial charge in [0, 0.05) is 6.20 Å². The lowest BCUT2D eigenvalue weighted by Crippen LogP contribution is -2.32. The zero-order valence-corrected chi connectivity index (χ0v) is 11.8. The van der Waals surface area contributed by atoms with Crippen molar-refractivity contribution >= 4 is 10.1 Å². The van der Waals surface area contributed by atoms with E-state index in [1.807, 2.05) is 20.8 Å². The molecular formula is C13H19NO3S. The summed E-state index contributed by atoms with van der Waals surface area (Å²) in [6.45, 7) is 6.15. The van der Waals surface area contributed by atoms with E-state index in [1.165, 1.54) is 6.20 Å². The molecule has 1 aliphatic carbocycles. The van der Waals surface area contributed by atoms with E-state index in [9.17, 15) is 8.42 Å². The zero-order valence-electron chi connectivity index (χ0n) is 11.0. The lowest BCUT2D eigenvalue weighted by atomic mass is 9.88. The summed E-state index contributed by atoms with van der Waals surface area (Å²) in [6.07, 6.45) is 5.56. The van der Waals surface area contributed by atoms with Crippen molar-refractivity contribution in [1.82, 2.24) is 4.98 Å². The molecule has 0 aliphatic heterocycles. The van der Waals surface area contributed by atoms with E-state index in [0.29, 0.717) is 18.6 Å². The van der Waals surface area contributed by atoms with Crippen LogP contribution in [-0.2, 0) is 15.5 Å². The Morgan fingerprint density at radius 3 is 2.44 bits per heavy atom. The molecule has 1 aliphatic rings. The molecule has 0 atom stereocenters. The predicted molar refractivity (Wildman–Crippen MR) is 70.1 cm³/mol. The fraction of sp³-hybridized carbons (Fsp3) is 0.615. The molecule has 100 valence electrons. The van der Waals surface area contributed by atoms with Crippen LogP contribution in [0.5, 0.6) is 5.75 Å². The smallest absolute Gasteiger partial charge is 0.312 e. The van der Waals surface area contributed by atoms with Crippen LogP contribution < -0.4 is 4.18 Å². The lowest BCUT2D eigenvalue weighted by Gasteiger charge is -2.25. The van der Waals surface area contributed by atoms with Gasteiger partial charge in [-0.1, -0.05) is 27.2 Å². The van der Waals surface area contributed by atoms with Crippen molar-refractivity contribution in [3.63, 3.8) is 0 Å². The average Bonchev–Trinajstić information content (AvgIpc) is 2.11. The number of aromatic nitrogens is 1. The van der Waals surface area contributed by atoms with Gasteiger partial charge in [0.25, 0.3) is 0 Å². The van der Waals surface area contributed by atoms with Crippen molar-refractivity contribution in [3.8, 4) is 5.75 Å². The van der Waals surface area contributed by atoms with Gasteiger partial charge in [-0.3, -0.25) is 4.98 Å². The van der Waals surface area contributed by atoms with E-state index < -0.39 is 10.1 Å². The van der Waals surface area contributed by atoms with Gasteiger partial charge in [-0.2, -0.15) is 8.42 Å². The first-order valence-electron chi connectivity index (χ1n) is 6.18. The Labute approximate surface area is 109 Å². The van der Waals surface area contributed by atoms with Gasteiger partial charge < -0.3 is 4.18 Å². The van der Waals surface area contributed by atoms with Crippen LogP contribution in [0.25, 0.3) is 0 Å². The maximum atomic E-state index is 11.9. The van der Waals surface area contributed by atoms with Crippen LogP contribution >= 0.6 is 0 Å². The van der Waals surface area contributed by atoms with Gasteiger partial charge in [-0.15, -0.1) is 0 Å². The molecule has 0 aromatic carbocycles. The molecule has 5 heteroatoms. The van der Waals surface area contributed by atoms with E-state index in [-0.39, 0.29) is 10.7 Å². The van der Waals surface area contributed by atoms with Gasteiger partial charge >= 0.3 is 10.1 Å². The number of hydrogen-bond donors (Lipinski definition) is 0. The molecule has 1 fully saturated rings. The Balaban J connectivity index is 2.19. The Hall–Kier alpha value is -1.10. The minimum atomic E-state index is -3.48. The van der Waals surface area contributed by atoms with Crippen LogP contribution in [0.15, 0.2) is 18.5 Å². The van der Waals surface area contributed by atoms with Crippen LogP contribution in [0.3, 0.4) is 0 Å². The number of rotatable bonds is 3. The molecule has 1 aromatic heterocycles. The third-order valence-corrected chi connectivity index (χ3v) is 4.96. The summed E-state index contributed by atoms with van der Waals surface area (Å²) >= 11 is 0. The second-order valence-corrected chi connectivity index (χ2v) is 7.61. The molecule has 0 amide bonds. The van der Waals surface area contributed by atoms with Crippen LogP contribution in [0.2, 0.25) is 0 Å². The standard InChI is InChI=1S/C13H19NO3S/c1-13(2,3)10-7-11(9-14-8-10)17-18(15,16)12-5-4-6-12/h7-9,12H,4-6H2,1-3H3. The molecule has 2 rings (SSSR count). The number of hydrogen-bond acceptors (Lipinski definition) is 4. The van der Waals surface area contributed by atoms with Crippen molar-refractivity contribution in [2.45, 2.75) is 50.7 Å². The quantitative estimate of drug-likeness (QED) is 0.792. The van der Waals surface area contributed by atoms with Gasteiger partial charge in [-0.05, 0) is 29.9 Å². The minimum absolute atomic E-state index is 0.0768. The maximum absolute atomic E-state index is 11.9. The van der Waals surface area contributed by atoms with E-state index in [0.717, 1.165) is 12.0 Å². The fourth-order valence-electron chi connectivity index (χ4n) is 1.74. The Morgan fingerprint density at radius 1 is 1.28 bits per heavy atom. The molecule has 0 saturated heterocycles. The van der Waals surface area contributed by atoms with Crippen molar-refractivity contribution in [1.29, 1.82) is 0 Å². The second kappa shape index (κ2) is 4.53. The third-order valence-electron chi connectivity index (χ3n) is 3.25. The van der Waals surface area contributed by atoms with Crippen LogP contribution in [0, 0.1) is 0 Å². The van der Waals surface area contributed by atoms with E-state index >= 15 is 0 Å². The summed E-state index contributed by atoms with van der Waals surface area (Å²) in [5.74, 6) is 0.314. The summed E-state index contributed by atoms with van der Waals surface area (Å²) in [4.78, 5) is 4.05. The number of pyridine rings is 1.